The van der Waals surface area contributed by atoms with Gasteiger partial charge in [-0.1, -0.05) is 61.4 Å². The van der Waals surface area contributed by atoms with Crippen LogP contribution in [0, 0.1) is 13.8 Å². The number of nitrogens with one attached hydrogen (secondary N) is 1. The van der Waals surface area contributed by atoms with Gasteiger partial charge >= 0.3 is 0 Å². The van der Waals surface area contributed by atoms with Crippen LogP contribution in [0.5, 0.6) is 5.75 Å². The molecule has 5 heteroatoms. The highest BCUT2D eigenvalue weighted by Crippen LogP contribution is 2.16. The van der Waals surface area contributed by atoms with E-state index in [0.29, 0.717) is 39.0 Å². The van der Waals surface area contributed by atoms with Gasteiger partial charge in [-0.2, -0.15) is 0 Å². The predicted octanol–water partition coefficient (Wildman–Crippen LogP) is 4.80. The van der Waals surface area contributed by atoms with E-state index in [1.165, 1.54) is 5.56 Å². The SMILES string of the molecule is CCCNC(=O)[C@H](CC)N(Cc1cccc(C)c1)C(=O)CCCOc1ccc(C)cc1. The van der Waals surface area contributed by atoms with Crippen molar-refractivity contribution >= 4 is 11.8 Å². The highest BCUT2D eigenvalue weighted by Gasteiger charge is 2.28. The second-order valence-electron chi connectivity index (χ2n) is 7.99. The minimum atomic E-state index is -0.474. The second-order valence-corrected chi connectivity index (χ2v) is 7.99. The number of carbonyl (C=O) groups is 2. The Balaban J connectivity index is 2.03. The third-order valence-corrected chi connectivity index (χ3v) is 5.20. The van der Waals surface area contributed by atoms with Crippen molar-refractivity contribution in [1.82, 2.24) is 10.2 Å². The molecule has 0 bridgehead atoms. The van der Waals surface area contributed by atoms with Crippen molar-refractivity contribution in [3.05, 3.63) is 65.2 Å². The van der Waals surface area contributed by atoms with E-state index in [2.05, 4.69) is 11.4 Å². The quantitative estimate of drug-likeness (QED) is 0.498. The van der Waals surface area contributed by atoms with Gasteiger partial charge in [0.1, 0.15) is 11.8 Å². The maximum atomic E-state index is 13.2. The average molecular weight is 425 g/mol. The van der Waals surface area contributed by atoms with Gasteiger partial charge in [0.2, 0.25) is 11.8 Å². The van der Waals surface area contributed by atoms with Gasteiger partial charge in [-0.25, -0.2) is 0 Å². The van der Waals surface area contributed by atoms with Crippen LogP contribution >= 0.6 is 0 Å². The summed E-state index contributed by atoms with van der Waals surface area (Å²) < 4.78 is 5.76. The first-order chi connectivity index (χ1) is 14.9. The summed E-state index contributed by atoms with van der Waals surface area (Å²) >= 11 is 0. The van der Waals surface area contributed by atoms with Crippen molar-refractivity contribution in [3.8, 4) is 5.75 Å². The monoisotopic (exact) mass is 424 g/mol. The molecule has 2 rings (SSSR count). The molecule has 2 aromatic rings. The largest absolute Gasteiger partial charge is 0.494 e. The molecular formula is C26H36N2O3. The fraction of sp³-hybridized carbons (Fsp3) is 0.462. The predicted molar refractivity (Wildman–Crippen MR) is 125 cm³/mol. The number of hydrogen-bond acceptors (Lipinski definition) is 3. The maximum absolute atomic E-state index is 13.2. The van der Waals surface area contributed by atoms with Crippen molar-refractivity contribution < 1.29 is 14.3 Å². The van der Waals surface area contributed by atoms with Crippen molar-refractivity contribution in [2.75, 3.05) is 13.2 Å². The molecular weight excluding hydrogens is 388 g/mol. The van der Waals surface area contributed by atoms with E-state index in [0.717, 1.165) is 23.3 Å². The summed E-state index contributed by atoms with van der Waals surface area (Å²) in [5.41, 5.74) is 3.35. The molecule has 1 N–H and O–H groups in total. The van der Waals surface area contributed by atoms with Gasteiger partial charge in [0.05, 0.1) is 6.61 Å². The standard InChI is InChI=1S/C26H36N2O3/c1-5-16-27-26(30)24(6-2)28(19-22-10-7-9-21(4)18-22)25(29)11-8-17-31-23-14-12-20(3)13-15-23/h7,9-10,12-15,18,24H,5-6,8,11,16-17,19H2,1-4H3,(H,27,30)/t24-/m0/s1. The normalized spacial score (nSPS) is 11.6. The van der Waals surface area contributed by atoms with Crippen LogP contribution in [0.15, 0.2) is 48.5 Å². The molecule has 2 aromatic carbocycles. The Bertz CT molecular complexity index is 833. The molecule has 0 saturated carbocycles. The number of aryl methyl sites for hydroxylation is 2. The molecule has 0 radical (unpaired) electrons. The van der Waals surface area contributed by atoms with Gasteiger partial charge in [0.25, 0.3) is 0 Å². The first-order valence-corrected chi connectivity index (χ1v) is 11.3. The van der Waals surface area contributed by atoms with E-state index in [9.17, 15) is 9.59 Å². The third kappa shape index (κ3) is 8.08. The van der Waals surface area contributed by atoms with Crippen molar-refractivity contribution in [1.29, 1.82) is 0 Å². The molecule has 0 unspecified atom stereocenters. The molecule has 0 aromatic heterocycles. The topological polar surface area (TPSA) is 58.6 Å². The van der Waals surface area contributed by atoms with E-state index in [-0.39, 0.29) is 11.8 Å². The zero-order valence-corrected chi connectivity index (χ0v) is 19.3. The third-order valence-electron chi connectivity index (χ3n) is 5.20. The van der Waals surface area contributed by atoms with E-state index in [1.807, 2.05) is 70.2 Å². The van der Waals surface area contributed by atoms with Gasteiger partial charge < -0.3 is 15.0 Å². The molecule has 0 aliphatic rings. The molecule has 0 saturated heterocycles. The zero-order chi connectivity index (χ0) is 22.6. The molecule has 1 atom stereocenters. The summed E-state index contributed by atoms with van der Waals surface area (Å²) in [7, 11) is 0. The van der Waals surface area contributed by atoms with Crippen LogP contribution in [0.4, 0.5) is 0 Å². The maximum Gasteiger partial charge on any atom is 0.242 e. The molecule has 0 spiro atoms. The lowest BCUT2D eigenvalue weighted by Gasteiger charge is -2.31. The Kier molecular flexibility index (Phi) is 10.1. The summed E-state index contributed by atoms with van der Waals surface area (Å²) in [6.45, 7) is 9.54. The lowest BCUT2D eigenvalue weighted by atomic mass is 10.1. The fourth-order valence-electron chi connectivity index (χ4n) is 3.48. The van der Waals surface area contributed by atoms with E-state index in [1.54, 1.807) is 4.90 Å². The van der Waals surface area contributed by atoms with Crippen molar-refractivity contribution in [3.63, 3.8) is 0 Å². The lowest BCUT2D eigenvalue weighted by molar-refractivity contribution is -0.141. The molecule has 0 aliphatic heterocycles. The van der Waals surface area contributed by atoms with Crippen LogP contribution in [0.2, 0.25) is 0 Å². The first kappa shape index (κ1) is 24.4. The van der Waals surface area contributed by atoms with Crippen molar-refractivity contribution in [2.45, 2.75) is 66.0 Å². The first-order valence-electron chi connectivity index (χ1n) is 11.3. The molecule has 31 heavy (non-hydrogen) atoms. The van der Waals surface area contributed by atoms with Crippen LogP contribution in [0.25, 0.3) is 0 Å². The van der Waals surface area contributed by atoms with Crippen LogP contribution in [-0.4, -0.2) is 35.9 Å². The lowest BCUT2D eigenvalue weighted by Crippen LogP contribution is -2.49. The molecule has 0 aliphatic carbocycles. The van der Waals surface area contributed by atoms with Crippen LogP contribution < -0.4 is 10.1 Å². The van der Waals surface area contributed by atoms with Gasteiger partial charge in [-0.15, -0.1) is 0 Å². The summed E-state index contributed by atoms with van der Waals surface area (Å²) in [5.74, 6) is 0.703. The number of nitrogens with zero attached hydrogens (tertiary/aromatic N) is 1. The van der Waals surface area contributed by atoms with E-state index in [4.69, 9.17) is 4.74 Å². The highest BCUT2D eigenvalue weighted by atomic mass is 16.5. The number of amides is 2. The number of hydrogen-bond donors (Lipinski definition) is 1. The molecule has 2 amide bonds. The Morgan fingerprint density at radius 2 is 1.77 bits per heavy atom. The van der Waals surface area contributed by atoms with Crippen LogP contribution in [0.1, 0.15) is 56.2 Å². The van der Waals surface area contributed by atoms with Gasteiger partial charge in [0, 0.05) is 19.5 Å². The Morgan fingerprint density at radius 1 is 1.03 bits per heavy atom. The highest BCUT2D eigenvalue weighted by molar-refractivity contribution is 5.87. The Hall–Kier alpha value is -2.82. The minimum Gasteiger partial charge on any atom is -0.494 e. The van der Waals surface area contributed by atoms with Crippen LogP contribution in [0.3, 0.4) is 0 Å². The molecule has 168 valence electrons. The summed E-state index contributed by atoms with van der Waals surface area (Å²) in [5, 5.41) is 2.95. The zero-order valence-electron chi connectivity index (χ0n) is 19.3. The summed E-state index contributed by atoms with van der Waals surface area (Å²) in [6, 6.07) is 15.5. The Morgan fingerprint density at radius 3 is 2.42 bits per heavy atom. The van der Waals surface area contributed by atoms with Gasteiger partial charge in [-0.05, 0) is 50.8 Å². The van der Waals surface area contributed by atoms with Gasteiger partial charge in [-0.3, -0.25) is 9.59 Å². The summed E-state index contributed by atoms with van der Waals surface area (Å²) in [4.78, 5) is 27.6. The summed E-state index contributed by atoms with van der Waals surface area (Å²) in [6.07, 6.45) is 2.39. The molecule has 0 heterocycles. The number of benzene rings is 2. The number of carbonyl (C=O) groups excluding carboxylic acids is 2. The molecule has 0 fully saturated rings. The fourth-order valence-corrected chi connectivity index (χ4v) is 3.48. The van der Waals surface area contributed by atoms with E-state index < -0.39 is 6.04 Å². The average Bonchev–Trinajstić information content (AvgIpc) is 2.76. The van der Waals surface area contributed by atoms with Gasteiger partial charge in [0.15, 0.2) is 0 Å². The van der Waals surface area contributed by atoms with Crippen molar-refractivity contribution in [2.24, 2.45) is 0 Å². The number of rotatable bonds is 12. The smallest absolute Gasteiger partial charge is 0.242 e. The van der Waals surface area contributed by atoms with Crippen LogP contribution in [-0.2, 0) is 16.1 Å². The van der Waals surface area contributed by atoms with E-state index >= 15 is 0 Å². The number of ether oxygens (including phenoxy) is 1. The Labute approximate surface area is 186 Å². The molecule has 5 nitrogen and oxygen atoms in total. The second kappa shape index (κ2) is 12.8. The minimum absolute atomic E-state index is 0.0208.